The maximum absolute atomic E-state index is 12.2. The molecule has 5 heteroatoms. The lowest BCUT2D eigenvalue weighted by atomic mass is 10.1. The Bertz CT molecular complexity index is 733. The van der Waals surface area contributed by atoms with Crippen molar-refractivity contribution in [3.05, 3.63) is 70.7 Å². The third-order valence-electron chi connectivity index (χ3n) is 4.18. The molecule has 1 unspecified atom stereocenters. The summed E-state index contributed by atoms with van der Waals surface area (Å²) in [5.41, 5.74) is 1.58. The van der Waals surface area contributed by atoms with Crippen LogP contribution in [0, 0.1) is 5.92 Å². The Morgan fingerprint density at radius 2 is 1.83 bits per heavy atom. The van der Waals surface area contributed by atoms with E-state index in [1.807, 2.05) is 35.2 Å². The number of rotatable bonds is 5. The number of carbonyl (C=O) groups excluding carboxylic acids is 2. The molecule has 1 saturated heterocycles. The van der Waals surface area contributed by atoms with Crippen molar-refractivity contribution >= 4 is 23.4 Å². The molecular formula is C19H19ClN2O2. The summed E-state index contributed by atoms with van der Waals surface area (Å²) in [6.45, 7) is 1.76. The van der Waals surface area contributed by atoms with E-state index in [1.54, 1.807) is 24.3 Å². The molecule has 2 amide bonds. The highest BCUT2D eigenvalue weighted by Crippen LogP contribution is 2.20. The van der Waals surface area contributed by atoms with E-state index in [2.05, 4.69) is 5.32 Å². The molecule has 2 aromatic rings. The molecular weight excluding hydrogens is 324 g/mol. The third-order valence-corrected chi connectivity index (χ3v) is 4.51. The average molecular weight is 343 g/mol. The monoisotopic (exact) mass is 342 g/mol. The van der Waals surface area contributed by atoms with Crippen LogP contribution in [0.5, 0.6) is 0 Å². The highest BCUT2D eigenvalue weighted by molar-refractivity contribution is 6.33. The zero-order valence-corrected chi connectivity index (χ0v) is 14.0. The Morgan fingerprint density at radius 1 is 1.12 bits per heavy atom. The fraction of sp³-hybridized carbons (Fsp3) is 0.263. The van der Waals surface area contributed by atoms with Crippen LogP contribution in [0.2, 0.25) is 5.02 Å². The molecule has 0 spiro atoms. The number of amides is 2. The van der Waals surface area contributed by atoms with Crippen molar-refractivity contribution in [3.63, 3.8) is 0 Å². The van der Waals surface area contributed by atoms with Crippen molar-refractivity contribution in [3.8, 4) is 0 Å². The molecule has 1 N–H and O–H groups in total. The Kier molecular flexibility index (Phi) is 5.16. The van der Waals surface area contributed by atoms with Gasteiger partial charge in [-0.2, -0.15) is 0 Å². The molecule has 3 rings (SSSR count). The number of nitrogens with zero attached hydrogens (tertiary/aromatic N) is 1. The highest BCUT2D eigenvalue weighted by Gasteiger charge is 2.29. The summed E-state index contributed by atoms with van der Waals surface area (Å²) >= 11 is 6.03. The van der Waals surface area contributed by atoms with Crippen LogP contribution in [0.3, 0.4) is 0 Å². The van der Waals surface area contributed by atoms with Crippen LogP contribution in [-0.2, 0) is 11.3 Å². The summed E-state index contributed by atoms with van der Waals surface area (Å²) in [5, 5.41) is 3.32. The molecule has 24 heavy (non-hydrogen) atoms. The molecule has 0 radical (unpaired) electrons. The van der Waals surface area contributed by atoms with Gasteiger partial charge >= 0.3 is 0 Å². The first-order chi connectivity index (χ1) is 11.6. The zero-order valence-electron chi connectivity index (χ0n) is 13.2. The van der Waals surface area contributed by atoms with Gasteiger partial charge in [0.1, 0.15) is 0 Å². The zero-order chi connectivity index (χ0) is 16.9. The Morgan fingerprint density at radius 3 is 2.58 bits per heavy atom. The number of benzene rings is 2. The van der Waals surface area contributed by atoms with E-state index in [9.17, 15) is 9.59 Å². The van der Waals surface area contributed by atoms with Gasteiger partial charge in [0.05, 0.1) is 10.6 Å². The van der Waals surface area contributed by atoms with Crippen LogP contribution < -0.4 is 5.32 Å². The average Bonchev–Trinajstić information content (AvgIpc) is 2.94. The van der Waals surface area contributed by atoms with Gasteiger partial charge in [-0.15, -0.1) is 0 Å². The molecule has 1 aliphatic rings. The van der Waals surface area contributed by atoms with Gasteiger partial charge in [0.25, 0.3) is 5.91 Å². The van der Waals surface area contributed by atoms with Crippen LogP contribution >= 0.6 is 11.6 Å². The number of hydrogen-bond acceptors (Lipinski definition) is 2. The van der Waals surface area contributed by atoms with Crippen LogP contribution in [0.4, 0.5) is 0 Å². The number of hydrogen-bond donors (Lipinski definition) is 1. The fourth-order valence-electron chi connectivity index (χ4n) is 2.92. The Hall–Kier alpha value is -2.33. The maximum Gasteiger partial charge on any atom is 0.252 e. The lowest BCUT2D eigenvalue weighted by Gasteiger charge is -2.17. The molecule has 2 aromatic carbocycles. The van der Waals surface area contributed by atoms with E-state index >= 15 is 0 Å². The summed E-state index contributed by atoms with van der Waals surface area (Å²) in [7, 11) is 0. The molecule has 1 fully saturated rings. The van der Waals surface area contributed by atoms with Crippen LogP contribution in [0.15, 0.2) is 54.6 Å². The predicted octanol–water partition coefficient (Wildman–Crippen LogP) is 3.12. The molecule has 1 heterocycles. The minimum atomic E-state index is -0.199. The van der Waals surface area contributed by atoms with Crippen LogP contribution in [-0.4, -0.2) is 29.8 Å². The SMILES string of the molecule is O=C(NCC1CC(=O)N(Cc2ccccc2)C1)c1ccccc1Cl. The first-order valence-electron chi connectivity index (χ1n) is 7.98. The van der Waals surface area contributed by atoms with E-state index in [1.165, 1.54) is 0 Å². The largest absolute Gasteiger partial charge is 0.352 e. The summed E-state index contributed by atoms with van der Waals surface area (Å²) in [6.07, 6.45) is 0.468. The van der Waals surface area contributed by atoms with Gasteiger partial charge in [-0.25, -0.2) is 0 Å². The first-order valence-corrected chi connectivity index (χ1v) is 8.35. The molecule has 124 valence electrons. The van der Waals surface area contributed by atoms with E-state index in [-0.39, 0.29) is 17.7 Å². The van der Waals surface area contributed by atoms with Gasteiger partial charge in [-0.05, 0) is 17.7 Å². The number of likely N-dealkylation sites (tertiary alicyclic amines) is 1. The smallest absolute Gasteiger partial charge is 0.252 e. The second-order valence-corrected chi connectivity index (χ2v) is 6.43. The van der Waals surface area contributed by atoms with E-state index in [0.29, 0.717) is 36.6 Å². The molecule has 0 aliphatic carbocycles. The van der Waals surface area contributed by atoms with Crippen molar-refractivity contribution in [2.45, 2.75) is 13.0 Å². The van der Waals surface area contributed by atoms with Crippen molar-refractivity contribution in [2.24, 2.45) is 5.92 Å². The number of halogens is 1. The normalized spacial score (nSPS) is 17.1. The molecule has 1 aliphatic heterocycles. The number of carbonyl (C=O) groups is 2. The van der Waals surface area contributed by atoms with Crippen molar-refractivity contribution in [1.82, 2.24) is 10.2 Å². The van der Waals surface area contributed by atoms with Gasteiger partial charge in [0, 0.05) is 32.0 Å². The van der Waals surface area contributed by atoms with E-state index in [0.717, 1.165) is 5.56 Å². The quantitative estimate of drug-likeness (QED) is 0.907. The predicted molar refractivity (Wildman–Crippen MR) is 93.8 cm³/mol. The fourth-order valence-corrected chi connectivity index (χ4v) is 3.15. The highest BCUT2D eigenvalue weighted by atomic mass is 35.5. The lowest BCUT2D eigenvalue weighted by molar-refractivity contribution is -0.128. The summed E-state index contributed by atoms with van der Waals surface area (Å²) in [5.74, 6) is 0.0676. The molecule has 4 nitrogen and oxygen atoms in total. The molecule has 1 atom stereocenters. The van der Waals surface area contributed by atoms with Crippen LogP contribution in [0.1, 0.15) is 22.3 Å². The Balaban J connectivity index is 1.53. The van der Waals surface area contributed by atoms with Crippen molar-refractivity contribution in [2.75, 3.05) is 13.1 Å². The van der Waals surface area contributed by atoms with Gasteiger partial charge in [0.15, 0.2) is 0 Å². The molecule has 0 bridgehead atoms. The van der Waals surface area contributed by atoms with Crippen LogP contribution in [0.25, 0.3) is 0 Å². The van der Waals surface area contributed by atoms with Gasteiger partial charge in [0.2, 0.25) is 5.91 Å². The number of nitrogens with one attached hydrogen (secondary N) is 1. The van der Waals surface area contributed by atoms with E-state index in [4.69, 9.17) is 11.6 Å². The third kappa shape index (κ3) is 3.95. The van der Waals surface area contributed by atoms with Gasteiger partial charge in [-0.1, -0.05) is 54.1 Å². The topological polar surface area (TPSA) is 49.4 Å². The summed E-state index contributed by atoms with van der Waals surface area (Å²) in [4.78, 5) is 26.2. The maximum atomic E-state index is 12.2. The van der Waals surface area contributed by atoms with Crippen molar-refractivity contribution < 1.29 is 9.59 Å². The second kappa shape index (κ2) is 7.49. The molecule has 0 saturated carbocycles. The standard InChI is InChI=1S/C19H19ClN2O2/c20-17-9-5-4-8-16(17)19(24)21-11-15-10-18(23)22(13-15)12-14-6-2-1-3-7-14/h1-9,15H,10-13H2,(H,21,24). The Labute approximate surface area is 146 Å². The van der Waals surface area contributed by atoms with E-state index < -0.39 is 0 Å². The minimum absolute atomic E-state index is 0.132. The summed E-state index contributed by atoms with van der Waals surface area (Å²) in [6, 6.07) is 16.9. The van der Waals surface area contributed by atoms with Crippen molar-refractivity contribution in [1.29, 1.82) is 0 Å². The molecule has 0 aromatic heterocycles. The minimum Gasteiger partial charge on any atom is -0.352 e. The summed E-state index contributed by atoms with van der Waals surface area (Å²) < 4.78 is 0. The van der Waals surface area contributed by atoms with Gasteiger partial charge in [-0.3, -0.25) is 9.59 Å². The first kappa shape index (κ1) is 16.5. The second-order valence-electron chi connectivity index (χ2n) is 6.02. The van der Waals surface area contributed by atoms with Gasteiger partial charge < -0.3 is 10.2 Å². The lowest BCUT2D eigenvalue weighted by Crippen LogP contribution is -2.31.